The molecule has 1 fully saturated rings. The van der Waals surface area contributed by atoms with Gasteiger partial charge in [-0.25, -0.2) is 0 Å². The van der Waals surface area contributed by atoms with Gasteiger partial charge in [-0.2, -0.15) is 0 Å². The van der Waals surface area contributed by atoms with E-state index in [-0.39, 0.29) is 5.41 Å². The van der Waals surface area contributed by atoms with Gasteiger partial charge in [0, 0.05) is 31.3 Å². The van der Waals surface area contributed by atoms with Crippen molar-refractivity contribution in [2.24, 2.45) is 11.3 Å². The molecule has 0 radical (unpaired) electrons. The number of unbranched alkanes of at least 4 members (excludes halogenated alkanes) is 1. The van der Waals surface area contributed by atoms with Crippen LogP contribution in [-0.2, 0) is 9.47 Å². The molecule has 0 aromatic carbocycles. The molecule has 2 unspecified atom stereocenters. The first-order valence-corrected chi connectivity index (χ1v) is 8.41. The number of hydrogen-bond acceptors (Lipinski definition) is 3. The lowest BCUT2D eigenvalue weighted by atomic mass is 9.64. The monoisotopic (exact) mass is 285 g/mol. The van der Waals surface area contributed by atoms with Crippen molar-refractivity contribution in [3.05, 3.63) is 0 Å². The number of rotatable bonds is 11. The van der Waals surface area contributed by atoms with E-state index in [4.69, 9.17) is 9.47 Å². The molecule has 2 atom stereocenters. The third kappa shape index (κ3) is 5.71. The smallest absolute Gasteiger partial charge is 0.0656 e. The molecule has 0 aromatic rings. The predicted molar refractivity (Wildman–Crippen MR) is 85.1 cm³/mol. The van der Waals surface area contributed by atoms with Crippen molar-refractivity contribution in [2.75, 3.05) is 26.4 Å². The van der Waals surface area contributed by atoms with Crippen LogP contribution in [-0.4, -0.2) is 38.5 Å². The Labute approximate surface area is 125 Å². The molecule has 1 aliphatic rings. The second-order valence-corrected chi connectivity index (χ2v) is 7.10. The molecule has 3 nitrogen and oxygen atoms in total. The molecule has 0 bridgehead atoms. The fraction of sp³-hybridized carbons (Fsp3) is 1.00. The molecule has 120 valence electrons. The summed E-state index contributed by atoms with van der Waals surface area (Å²) < 4.78 is 11.6. The molecule has 0 spiro atoms. The van der Waals surface area contributed by atoms with Crippen molar-refractivity contribution in [1.29, 1.82) is 0 Å². The van der Waals surface area contributed by atoms with Crippen LogP contribution in [0.15, 0.2) is 0 Å². The van der Waals surface area contributed by atoms with Crippen LogP contribution in [0.5, 0.6) is 0 Å². The molecule has 1 rings (SSSR count). The van der Waals surface area contributed by atoms with Gasteiger partial charge in [0.15, 0.2) is 0 Å². The van der Waals surface area contributed by atoms with E-state index in [1.807, 2.05) is 0 Å². The summed E-state index contributed by atoms with van der Waals surface area (Å²) >= 11 is 0. The molecule has 0 heterocycles. The van der Waals surface area contributed by atoms with Crippen LogP contribution in [0.1, 0.15) is 60.3 Å². The average molecular weight is 285 g/mol. The van der Waals surface area contributed by atoms with Gasteiger partial charge in [-0.15, -0.1) is 0 Å². The molecule has 0 amide bonds. The van der Waals surface area contributed by atoms with Crippen molar-refractivity contribution >= 4 is 0 Å². The summed E-state index contributed by atoms with van der Waals surface area (Å²) in [6.45, 7) is 15.0. The first-order chi connectivity index (χ1) is 9.48. The van der Waals surface area contributed by atoms with Crippen molar-refractivity contribution in [2.45, 2.75) is 72.4 Å². The Bertz CT molecular complexity index is 253. The molecule has 3 heteroatoms. The van der Waals surface area contributed by atoms with E-state index < -0.39 is 0 Å². The van der Waals surface area contributed by atoms with E-state index in [9.17, 15) is 0 Å². The molecular weight excluding hydrogens is 250 g/mol. The van der Waals surface area contributed by atoms with Gasteiger partial charge in [0.1, 0.15) is 0 Å². The lowest BCUT2D eigenvalue weighted by molar-refractivity contribution is -0.123. The fourth-order valence-corrected chi connectivity index (χ4v) is 2.62. The predicted octanol–water partition coefficient (Wildman–Crippen LogP) is 3.62. The minimum Gasteiger partial charge on any atom is -0.381 e. The summed E-state index contributed by atoms with van der Waals surface area (Å²) in [5.74, 6) is 0.623. The van der Waals surface area contributed by atoms with Crippen molar-refractivity contribution < 1.29 is 9.47 Å². The summed E-state index contributed by atoms with van der Waals surface area (Å²) in [4.78, 5) is 0. The van der Waals surface area contributed by atoms with Crippen molar-refractivity contribution in [3.8, 4) is 0 Å². The van der Waals surface area contributed by atoms with Gasteiger partial charge in [-0.1, -0.05) is 41.0 Å². The fourth-order valence-electron chi connectivity index (χ4n) is 2.62. The van der Waals surface area contributed by atoms with Gasteiger partial charge < -0.3 is 14.8 Å². The summed E-state index contributed by atoms with van der Waals surface area (Å²) in [5.41, 5.74) is 0.262. The third-order valence-electron chi connectivity index (χ3n) is 4.31. The number of nitrogens with one attached hydrogen (secondary N) is 1. The number of hydrogen-bond donors (Lipinski definition) is 1. The maximum Gasteiger partial charge on any atom is 0.0656 e. The van der Waals surface area contributed by atoms with Gasteiger partial charge in [-0.3, -0.25) is 0 Å². The standard InChI is InChI=1S/C17H35NO2/c1-6-7-10-19-11-8-9-18-15-12-16(17(15,4)5)20-13-14(2)3/h14-16,18H,6-13H2,1-5H3. The summed E-state index contributed by atoms with van der Waals surface area (Å²) in [7, 11) is 0. The molecule has 0 saturated heterocycles. The zero-order chi connectivity index (χ0) is 15.0. The Balaban J connectivity index is 2.05. The van der Waals surface area contributed by atoms with Crippen LogP contribution in [0.4, 0.5) is 0 Å². The lowest BCUT2D eigenvalue weighted by Crippen LogP contribution is -2.61. The van der Waals surface area contributed by atoms with E-state index in [2.05, 4.69) is 39.9 Å². The van der Waals surface area contributed by atoms with E-state index in [1.165, 1.54) is 12.8 Å². The Morgan fingerprint density at radius 3 is 2.50 bits per heavy atom. The minimum absolute atomic E-state index is 0.262. The van der Waals surface area contributed by atoms with Gasteiger partial charge in [0.05, 0.1) is 6.10 Å². The van der Waals surface area contributed by atoms with E-state index >= 15 is 0 Å². The van der Waals surface area contributed by atoms with E-state index in [1.54, 1.807) is 0 Å². The normalized spacial score (nSPS) is 24.9. The first-order valence-electron chi connectivity index (χ1n) is 8.41. The highest BCUT2D eigenvalue weighted by Gasteiger charge is 2.48. The van der Waals surface area contributed by atoms with Crippen LogP contribution < -0.4 is 5.32 Å². The SMILES string of the molecule is CCCCOCCCNC1CC(OCC(C)C)C1(C)C. The molecule has 0 aromatic heterocycles. The summed E-state index contributed by atoms with van der Waals surface area (Å²) in [5, 5.41) is 3.66. The minimum atomic E-state index is 0.262. The van der Waals surface area contributed by atoms with Crippen LogP contribution in [0.3, 0.4) is 0 Å². The second-order valence-electron chi connectivity index (χ2n) is 7.10. The highest BCUT2D eigenvalue weighted by atomic mass is 16.5. The van der Waals surface area contributed by atoms with Crippen molar-refractivity contribution in [1.82, 2.24) is 5.32 Å². The molecular formula is C17H35NO2. The van der Waals surface area contributed by atoms with E-state index in [0.29, 0.717) is 18.1 Å². The maximum atomic E-state index is 5.99. The topological polar surface area (TPSA) is 30.5 Å². The van der Waals surface area contributed by atoms with Gasteiger partial charge in [0.2, 0.25) is 0 Å². The zero-order valence-electron chi connectivity index (χ0n) is 14.2. The molecule has 1 saturated carbocycles. The van der Waals surface area contributed by atoms with E-state index in [0.717, 1.165) is 39.2 Å². The van der Waals surface area contributed by atoms with Crippen molar-refractivity contribution in [3.63, 3.8) is 0 Å². The highest BCUT2D eigenvalue weighted by molar-refractivity contribution is 5.02. The molecule has 20 heavy (non-hydrogen) atoms. The van der Waals surface area contributed by atoms with Crippen LogP contribution in [0.2, 0.25) is 0 Å². The van der Waals surface area contributed by atoms with Gasteiger partial charge >= 0.3 is 0 Å². The Hall–Kier alpha value is -0.120. The zero-order valence-corrected chi connectivity index (χ0v) is 14.2. The largest absolute Gasteiger partial charge is 0.381 e. The summed E-state index contributed by atoms with van der Waals surface area (Å²) in [6.07, 6.45) is 5.07. The van der Waals surface area contributed by atoms with Gasteiger partial charge in [0.25, 0.3) is 0 Å². The Morgan fingerprint density at radius 2 is 1.90 bits per heavy atom. The molecule has 1 N–H and O–H groups in total. The summed E-state index contributed by atoms with van der Waals surface area (Å²) in [6, 6.07) is 0.593. The lowest BCUT2D eigenvalue weighted by Gasteiger charge is -2.52. The molecule has 1 aliphatic carbocycles. The number of ether oxygens (including phenoxy) is 2. The third-order valence-corrected chi connectivity index (χ3v) is 4.31. The molecule has 0 aliphatic heterocycles. The Kier molecular flexibility index (Phi) is 8.08. The maximum absolute atomic E-state index is 5.99. The first kappa shape index (κ1) is 17.9. The van der Waals surface area contributed by atoms with Crippen LogP contribution >= 0.6 is 0 Å². The van der Waals surface area contributed by atoms with Crippen LogP contribution in [0, 0.1) is 11.3 Å². The van der Waals surface area contributed by atoms with Gasteiger partial charge in [-0.05, 0) is 31.7 Å². The highest BCUT2D eigenvalue weighted by Crippen LogP contribution is 2.42. The van der Waals surface area contributed by atoms with Crippen LogP contribution in [0.25, 0.3) is 0 Å². The quantitative estimate of drug-likeness (QED) is 0.588. The second kappa shape index (κ2) is 9.01. The Morgan fingerprint density at radius 1 is 1.20 bits per heavy atom. The average Bonchev–Trinajstić information content (AvgIpc) is 2.39.